The average molecular weight is 375 g/mol. The molecule has 0 radical (unpaired) electrons. The molecule has 0 fully saturated rings. The number of ketones is 1. The Hall–Kier alpha value is -2.76. The van der Waals surface area contributed by atoms with E-state index >= 15 is 0 Å². The molecule has 2 unspecified atom stereocenters. The van der Waals surface area contributed by atoms with Crippen molar-refractivity contribution in [3.8, 4) is 0 Å². The van der Waals surface area contributed by atoms with E-state index < -0.39 is 6.04 Å². The van der Waals surface area contributed by atoms with Crippen LogP contribution in [-0.4, -0.2) is 37.2 Å². The van der Waals surface area contributed by atoms with Crippen LogP contribution < -0.4 is 10.6 Å². The quantitative estimate of drug-likeness (QED) is 0.709. The van der Waals surface area contributed by atoms with Crippen molar-refractivity contribution in [2.24, 2.45) is 10.7 Å². The van der Waals surface area contributed by atoms with Gasteiger partial charge in [-0.05, 0) is 17.5 Å². The molecule has 1 aliphatic rings. The first-order valence-corrected chi connectivity index (χ1v) is 9.80. The molecule has 0 amide bonds. The van der Waals surface area contributed by atoms with E-state index in [1.54, 1.807) is 0 Å². The highest BCUT2D eigenvalue weighted by molar-refractivity contribution is 7.12. The maximum atomic E-state index is 12.8. The second-order valence-corrected chi connectivity index (χ2v) is 7.57. The zero-order valence-electron chi connectivity index (χ0n) is 15.1. The number of carbonyl (C=O) groups is 1. The molecule has 1 aliphatic heterocycles. The van der Waals surface area contributed by atoms with E-state index in [0.29, 0.717) is 11.4 Å². The van der Waals surface area contributed by atoms with Crippen molar-refractivity contribution in [3.05, 3.63) is 88.1 Å². The zero-order valence-corrected chi connectivity index (χ0v) is 15.9. The minimum atomic E-state index is -0.638. The lowest BCUT2D eigenvalue weighted by atomic mass is 9.99. The molecule has 27 heavy (non-hydrogen) atoms. The lowest BCUT2D eigenvalue weighted by Crippen LogP contribution is -2.52. The van der Waals surface area contributed by atoms with Crippen LogP contribution in [0.3, 0.4) is 0 Å². The predicted octanol–water partition coefficient (Wildman–Crippen LogP) is 3.61. The third-order valence-corrected chi connectivity index (χ3v) is 5.89. The highest BCUT2D eigenvalue weighted by Gasteiger charge is 2.32. The molecule has 5 heteroatoms. The van der Waals surface area contributed by atoms with Gasteiger partial charge in [-0.25, -0.2) is 0 Å². The summed E-state index contributed by atoms with van der Waals surface area (Å²) < 4.78 is 0. The highest BCUT2D eigenvalue weighted by atomic mass is 32.1. The van der Waals surface area contributed by atoms with Crippen LogP contribution in [0.5, 0.6) is 0 Å². The molecule has 0 aliphatic carbocycles. The number of fused-ring (bicyclic) bond motifs is 1. The monoisotopic (exact) mass is 375 g/mol. The number of carbonyl (C=O) groups excluding carboxylic acids is 1. The second-order valence-electron chi connectivity index (χ2n) is 6.62. The molecule has 0 saturated heterocycles. The van der Waals surface area contributed by atoms with E-state index in [9.17, 15) is 4.79 Å². The molecule has 0 bridgehead atoms. The van der Waals surface area contributed by atoms with Crippen molar-refractivity contribution in [1.29, 1.82) is 0 Å². The fourth-order valence-corrected chi connectivity index (χ4v) is 4.22. The van der Waals surface area contributed by atoms with E-state index in [2.05, 4.69) is 29.2 Å². The van der Waals surface area contributed by atoms with E-state index in [1.807, 2.05) is 54.9 Å². The van der Waals surface area contributed by atoms with Crippen LogP contribution in [0.4, 0.5) is 5.69 Å². The summed E-state index contributed by atoms with van der Waals surface area (Å²) in [5, 5.41) is 1.90. The maximum absolute atomic E-state index is 12.8. The fraction of sp³-hybridized carbons (Fsp3) is 0.182. The number of hydrogen-bond acceptors (Lipinski definition) is 5. The van der Waals surface area contributed by atoms with Gasteiger partial charge in [-0.1, -0.05) is 54.6 Å². The summed E-state index contributed by atoms with van der Waals surface area (Å²) in [6, 6.07) is 21.2. The Morgan fingerprint density at radius 2 is 1.85 bits per heavy atom. The van der Waals surface area contributed by atoms with Crippen molar-refractivity contribution in [3.63, 3.8) is 0 Å². The molecule has 2 aromatic carbocycles. The van der Waals surface area contributed by atoms with E-state index in [-0.39, 0.29) is 11.8 Å². The Morgan fingerprint density at radius 1 is 1.11 bits per heavy atom. The molecule has 2 heterocycles. The lowest BCUT2D eigenvalue weighted by molar-refractivity contribution is 0.0954. The van der Waals surface area contributed by atoms with Crippen molar-refractivity contribution in [2.45, 2.75) is 12.1 Å². The van der Waals surface area contributed by atoms with Gasteiger partial charge in [0, 0.05) is 23.9 Å². The van der Waals surface area contributed by atoms with Crippen LogP contribution in [0.1, 0.15) is 20.8 Å². The van der Waals surface area contributed by atoms with Gasteiger partial charge in [-0.3, -0.25) is 9.79 Å². The predicted molar refractivity (Wildman–Crippen MR) is 112 cm³/mol. The smallest absolute Gasteiger partial charge is 0.191 e. The number of benzene rings is 2. The van der Waals surface area contributed by atoms with E-state index in [1.165, 1.54) is 11.3 Å². The van der Waals surface area contributed by atoms with Crippen LogP contribution >= 0.6 is 11.3 Å². The normalized spacial score (nSPS) is 17.6. The number of thiophene rings is 1. The average Bonchev–Trinajstić information content (AvgIpc) is 3.21. The molecule has 1 aromatic heterocycles. The Labute approximate surface area is 163 Å². The van der Waals surface area contributed by atoms with Gasteiger partial charge in [0.25, 0.3) is 0 Å². The number of nitrogens with two attached hydrogens (primary N) is 1. The van der Waals surface area contributed by atoms with E-state index in [4.69, 9.17) is 10.7 Å². The molecule has 136 valence electrons. The van der Waals surface area contributed by atoms with Gasteiger partial charge in [0.1, 0.15) is 0 Å². The van der Waals surface area contributed by atoms with Crippen LogP contribution in [-0.2, 0) is 0 Å². The number of anilines is 1. The van der Waals surface area contributed by atoms with Crippen molar-refractivity contribution < 1.29 is 4.79 Å². The first-order valence-electron chi connectivity index (χ1n) is 8.92. The first kappa shape index (κ1) is 17.6. The minimum absolute atomic E-state index is 0.0299. The second kappa shape index (κ2) is 7.47. The fourth-order valence-electron chi connectivity index (χ4n) is 3.51. The maximum Gasteiger partial charge on any atom is 0.191 e. The summed E-state index contributed by atoms with van der Waals surface area (Å²) in [4.78, 5) is 20.5. The van der Waals surface area contributed by atoms with Gasteiger partial charge in [0.15, 0.2) is 5.78 Å². The Morgan fingerprint density at radius 3 is 2.59 bits per heavy atom. The van der Waals surface area contributed by atoms with Gasteiger partial charge >= 0.3 is 0 Å². The van der Waals surface area contributed by atoms with Crippen molar-refractivity contribution in [1.82, 2.24) is 0 Å². The van der Waals surface area contributed by atoms with Gasteiger partial charge in [-0.2, -0.15) is 0 Å². The molecule has 4 rings (SSSR count). The molecule has 0 spiro atoms. The van der Waals surface area contributed by atoms with Crippen LogP contribution in [0.25, 0.3) is 0 Å². The SMILES string of the molecule is CN1c2ccccc2C(c2ccccc2)=NCC1C(N)C(=O)c1cccs1. The molecular weight excluding hydrogens is 354 g/mol. The highest BCUT2D eigenvalue weighted by Crippen LogP contribution is 2.29. The number of rotatable bonds is 4. The minimum Gasteiger partial charge on any atom is -0.367 e. The van der Waals surface area contributed by atoms with Crippen LogP contribution in [0.2, 0.25) is 0 Å². The molecule has 2 N–H and O–H groups in total. The van der Waals surface area contributed by atoms with Crippen LogP contribution in [0.15, 0.2) is 77.1 Å². The number of para-hydroxylation sites is 1. The molecule has 0 saturated carbocycles. The summed E-state index contributed by atoms with van der Waals surface area (Å²) in [7, 11) is 1.99. The molecule has 2 atom stereocenters. The van der Waals surface area contributed by atoms with E-state index in [0.717, 1.165) is 22.5 Å². The van der Waals surface area contributed by atoms with Gasteiger partial charge in [-0.15, -0.1) is 11.3 Å². The number of hydrogen-bond donors (Lipinski definition) is 1. The summed E-state index contributed by atoms with van der Waals surface area (Å²) in [5.74, 6) is -0.0299. The number of likely N-dealkylation sites (N-methyl/N-ethyl adjacent to an activating group) is 1. The summed E-state index contributed by atoms with van der Waals surface area (Å²) in [6.45, 7) is 0.466. The number of nitrogens with zero attached hydrogens (tertiary/aromatic N) is 2. The summed E-state index contributed by atoms with van der Waals surface area (Å²) in [6.07, 6.45) is 0. The molecule has 4 nitrogen and oxygen atoms in total. The van der Waals surface area contributed by atoms with Gasteiger partial charge in [0.2, 0.25) is 0 Å². The standard InChI is InChI=1S/C22H21N3OS/c1-25-17-11-6-5-10-16(17)21(15-8-3-2-4-9-15)24-14-18(25)20(23)22(26)19-12-7-13-27-19/h2-13,18,20H,14,23H2,1H3. The third kappa shape index (κ3) is 3.31. The Balaban J connectivity index is 1.75. The first-order chi connectivity index (χ1) is 13.2. The summed E-state index contributed by atoms with van der Waals surface area (Å²) >= 11 is 1.43. The van der Waals surface area contributed by atoms with Crippen LogP contribution in [0, 0.1) is 0 Å². The zero-order chi connectivity index (χ0) is 18.8. The number of Topliss-reactive ketones (excluding diaryl/α,β-unsaturated/α-hetero) is 1. The Kier molecular flexibility index (Phi) is 4.88. The molecular formula is C22H21N3OS. The number of benzodiazepines with no additional fused rings is 1. The number of aliphatic imine (C=N–C) groups is 1. The van der Waals surface area contributed by atoms with Crippen molar-refractivity contribution in [2.75, 3.05) is 18.5 Å². The van der Waals surface area contributed by atoms with Crippen molar-refractivity contribution >= 4 is 28.5 Å². The third-order valence-electron chi connectivity index (χ3n) is 5.00. The Bertz CT molecular complexity index is 966. The summed E-state index contributed by atoms with van der Waals surface area (Å²) in [5.41, 5.74) is 10.5. The lowest BCUT2D eigenvalue weighted by Gasteiger charge is -2.32. The largest absolute Gasteiger partial charge is 0.367 e. The van der Waals surface area contributed by atoms with Gasteiger partial charge in [0.05, 0.1) is 29.2 Å². The topological polar surface area (TPSA) is 58.7 Å². The molecule has 3 aromatic rings. The van der Waals surface area contributed by atoms with Gasteiger partial charge < -0.3 is 10.6 Å².